The van der Waals surface area contributed by atoms with Crippen LogP contribution in [0.25, 0.3) is 10.9 Å². The maximum absolute atomic E-state index is 13.8. The van der Waals surface area contributed by atoms with Gasteiger partial charge in [0.05, 0.1) is 12.5 Å². The summed E-state index contributed by atoms with van der Waals surface area (Å²) in [5.74, 6) is -3.09. The van der Waals surface area contributed by atoms with E-state index in [1.807, 2.05) is 13.0 Å². The van der Waals surface area contributed by atoms with Crippen molar-refractivity contribution in [3.8, 4) is 5.75 Å². The second-order valence-electron chi connectivity index (χ2n) is 8.31. The van der Waals surface area contributed by atoms with Crippen LogP contribution in [0.15, 0.2) is 35.1 Å². The summed E-state index contributed by atoms with van der Waals surface area (Å²) >= 11 is 0. The third kappa shape index (κ3) is 3.47. The smallest absolute Gasteiger partial charge is 0.256 e. The Hall–Kier alpha value is -2.90. The standard InChI is InChI=1S/C21H21F2N3O3/c1-20(3-4-20)19(27)24-10-14-6-12-7-15(16-9-21(16,22)23)18(8-17(12)25-14)28-11-13-2-5-29-26-13/h2,5-8,16,25H,3-4,9-11H2,1H3,(H,24,27)/t16-/m0/s1. The number of nitrogens with one attached hydrogen (secondary N) is 2. The first-order chi connectivity index (χ1) is 13.8. The molecule has 0 unspecified atom stereocenters. The Balaban J connectivity index is 1.39. The molecule has 1 atom stereocenters. The predicted molar refractivity (Wildman–Crippen MR) is 101 cm³/mol. The molecular formula is C21H21F2N3O3. The van der Waals surface area contributed by atoms with Crippen molar-refractivity contribution in [2.24, 2.45) is 5.41 Å². The van der Waals surface area contributed by atoms with Crippen LogP contribution in [0.2, 0.25) is 0 Å². The molecule has 29 heavy (non-hydrogen) atoms. The van der Waals surface area contributed by atoms with Crippen LogP contribution in [0.4, 0.5) is 8.78 Å². The van der Waals surface area contributed by atoms with Gasteiger partial charge in [-0.1, -0.05) is 12.1 Å². The third-order valence-electron chi connectivity index (χ3n) is 5.86. The number of ether oxygens (including phenoxy) is 1. The van der Waals surface area contributed by atoms with Crippen LogP contribution in [-0.2, 0) is 17.9 Å². The maximum Gasteiger partial charge on any atom is 0.256 e. The van der Waals surface area contributed by atoms with Gasteiger partial charge in [-0.05, 0) is 25.0 Å². The molecule has 8 heteroatoms. The van der Waals surface area contributed by atoms with E-state index >= 15 is 0 Å². The Kier molecular flexibility index (Phi) is 3.94. The van der Waals surface area contributed by atoms with Gasteiger partial charge in [-0.3, -0.25) is 4.79 Å². The van der Waals surface area contributed by atoms with E-state index in [0.29, 0.717) is 23.6 Å². The second-order valence-corrected chi connectivity index (χ2v) is 8.31. The van der Waals surface area contributed by atoms with E-state index in [1.165, 1.54) is 6.26 Å². The minimum atomic E-state index is -2.70. The molecule has 0 saturated heterocycles. The number of benzene rings is 1. The number of aromatic amines is 1. The maximum atomic E-state index is 13.8. The molecule has 1 aromatic carbocycles. The van der Waals surface area contributed by atoms with Crippen LogP contribution < -0.4 is 10.1 Å². The number of rotatable bonds is 7. The number of nitrogens with zero attached hydrogens (tertiary/aromatic N) is 1. The van der Waals surface area contributed by atoms with E-state index in [0.717, 1.165) is 29.4 Å². The van der Waals surface area contributed by atoms with Gasteiger partial charge in [0.1, 0.15) is 24.3 Å². The SMILES string of the molecule is CC1(C(=O)NCc2cc3cc([C@@H]4CC4(F)F)c(OCc4ccon4)cc3[nH]2)CC1. The Morgan fingerprint density at radius 2 is 2.17 bits per heavy atom. The zero-order valence-corrected chi connectivity index (χ0v) is 15.9. The van der Waals surface area contributed by atoms with Gasteiger partial charge in [0, 0.05) is 46.1 Å². The highest BCUT2D eigenvalue weighted by atomic mass is 19.3. The van der Waals surface area contributed by atoms with Gasteiger partial charge < -0.3 is 19.6 Å². The number of halogens is 2. The van der Waals surface area contributed by atoms with Gasteiger partial charge >= 0.3 is 0 Å². The lowest BCUT2D eigenvalue weighted by molar-refractivity contribution is -0.125. The van der Waals surface area contributed by atoms with Crippen molar-refractivity contribution < 1.29 is 22.8 Å². The summed E-state index contributed by atoms with van der Waals surface area (Å²) in [6.07, 6.45) is 3.09. The largest absolute Gasteiger partial charge is 0.487 e. The van der Waals surface area contributed by atoms with Crippen LogP contribution in [0.1, 0.15) is 49.1 Å². The molecule has 1 amide bonds. The van der Waals surface area contributed by atoms with Crippen molar-refractivity contribution in [1.82, 2.24) is 15.5 Å². The summed E-state index contributed by atoms with van der Waals surface area (Å²) in [5.41, 5.74) is 2.43. The summed E-state index contributed by atoms with van der Waals surface area (Å²) in [5, 5.41) is 7.55. The van der Waals surface area contributed by atoms with Crippen molar-refractivity contribution >= 4 is 16.8 Å². The van der Waals surface area contributed by atoms with Crippen LogP contribution in [0.3, 0.4) is 0 Å². The number of carbonyl (C=O) groups is 1. The molecule has 2 aliphatic rings. The van der Waals surface area contributed by atoms with Crippen molar-refractivity contribution in [1.29, 1.82) is 0 Å². The Morgan fingerprint density at radius 1 is 1.38 bits per heavy atom. The first-order valence-corrected chi connectivity index (χ1v) is 9.68. The molecule has 2 fully saturated rings. The third-order valence-corrected chi connectivity index (χ3v) is 5.86. The number of amides is 1. The van der Waals surface area contributed by atoms with Crippen LogP contribution >= 0.6 is 0 Å². The Morgan fingerprint density at radius 3 is 2.83 bits per heavy atom. The van der Waals surface area contributed by atoms with Gasteiger partial charge in [0.25, 0.3) is 5.92 Å². The second kappa shape index (κ2) is 6.30. The van der Waals surface area contributed by atoms with E-state index in [9.17, 15) is 13.6 Å². The first-order valence-electron chi connectivity index (χ1n) is 9.68. The molecule has 0 spiro atoms. The molecule has 0 aliphatic heterocycles. The van der Waals surface area contributed by atoms with Crippen molar-refractivity contribution in [2.45, 2.75) is 51.2 Å². The molecule has 2 N–H and O–H groups in total. The number of hydrogen-bond acceptors (Lipinski definition) is 4. The predicted octanol–water partition coefficient (Wildman–Crippen LogP) is 4.27. The molecule has 5 rings (SSSR count). The average molecular weight is 401 g/mol. The van der Waals surface area contributed by atoms with Gasteiger partial charge in [0.2, 0.25) is 5.91 Å². The molecule has 0 bridgehead atoms. The summed E-state index contributed by atoms with van der Waals surface area (Å²) in [6.45, 7) is 2.46. The molecule has 2 heterocycles. The van der Waals surface area contributed by atoms with Gasteiger partial charge in [-0.25, -0.2) is 8.78 Å². The molecule has 3 aromatic rings. The molecular weight excluding hydrogens is 380 g/mol. The number of carbonyl (C=O) groups excluding carboxylic acids is 1. The highest BCUT2D eigenvalue weighted by molar-refractivity contribution is 5.86. The highest BCUT2D eigenvalue weighted by Crippen LogP contribution is 2.58. The zero-order chi connectivity index (χ0) is 20.2. The van der Waals surface area contributed by atoms with E-state index in [4.69, 9.17) is 9.26 Å². The lowest BCUT2D eigenvalue weighted by Gasteiger charge is -2.11. The minimum absolute atomic E-state index is 0.0473. The average Bonchev–Trinajstić information content (AvgIpc) is 3.40. The number of hydrogen-bond donors (Lipinski definition) is 2. The van der Waals surface area contributed by atoms with Crippen LogP contribution in [-0.4, -0.2) is 22.0 Å². The minimum Gasteiger partial charge on any atom is -0.487 e. The van der Waals surface area contributed by atoms with Crippen LogP contribution in [0.5, 0.6) is 5.75 Å². The number of alkyl halides is 2. The molecule has 2 aliphatic carbocycles. The van der Waals surface area contributed by atoms with E-state index in [1.54, 1.807) is 18.2 Å². The summed E-state index contributed by atoms with van der Waals surface area (Å²) in [6, 6.07) is 7.05. The lowest BCUT2D eigenvalue weighted by atomic mass is 10.1. The van der Waals surface area contributed by atoms with Crippen molar-refractivity contribution in [3.05, 3.63) is 47.5 Å². The van der Waals surface area contributed by atoms with E-state index < -0.39 is 11.8 Å². The fourth-order valence-corrected chi connectivity index (χ4v) is 3.55. The number of H-pyrrole nitrogens is 1. The van der Waals surface area contributed by atoms with Gasteiger partial charge in [-0.2, -0.15) is 0 Å². The number of fused-ring (bicyclic) bond motifs is 1. The van der Waals surface area contributed by atoms with E-state index in [-0.39, 0.29) is 24.3 Å². The molecule has 2 aromatic heterocycles. The molecule has 0 radical (unpaired) electrons. The fraction of sp³-hybridized carbons (Fsp3) is 0.429. The van der Waals surface area contributed by atoms with Crippen LogP contribution in [0, 0.1) is 5.41 Å². The monoisotopic (exact) mass is 401 g/mol. The number of aromatic nitrogens is 2. The summed E-state index contributed by atoms with van der Waals surface area (Å²) in [7, 11) is 0. The van der Waals surface area contributed by atoms with Crippen molar-refractivity contribution in [3.63, 3.8) is 0 Å². The normalized spacial score (nSPS) is 21.1. The summed E-state index contributed by atoms with van der Waals surface area (Å²) in [4.78, 5) is 15.4. The molecule has 152 valence electrons. The Bertz CT molecular complexity index is 1070. The van der Waals surface area contributed by atoms with E-state index in [2.05, 4.69) is 15.5 Å². The lowest BCUT2D eigenvalue weighted by Crippen LogP contribution is -2.29. The van der Waals surface area contributed by atoms with Crippen molar-refractivity contribution in [2.75, 3.05) is 0 Å². The molecule has 2 saturated carbocycles. The van der Waals surface area contributed by atoms with Gasteiger partial charge in [-0.15, -0.1) is 0 Å². The molecule has 6 nitrogen and oxygen atoms in total. The first kappa shape index (κ1) is 18.1. The quantitative estimate of drug-likeness (QED) is 0.620. The zero-order valence-electron chi connectivity index (χ0n) is 15.9. The Labute approximate surface area is 165 Å². The summed E-state index contributed by atoms with van der Waals surface area (Å²) < 4.78 is 38.1. The van der Waals surface area contributed by atoms with Gasteiger partial charge in [0.15, 0.2) is 0 Å². The fourth-order valence-electron chi connectivity index (χ4n) is 3.55. The topological polar surface area (TPSA) is 80.2 Å². The highest BCUT2D eigenvalue weighted by Gasteiger charge is 2.58.